The Labute approximate surface area is 174 Å². The largest absolute Gasteiger partial charge is 0.497 e. The van der Waals surface area contributed by atoms with Crippen LogP contribution in [0, 0.1) is 0 Å². The van der Waals surface area contributed by atoms with Gasteiger partial charge in [-0.1, -0.05) is 35.9 Å². The summed E-state index contributed by atoms with van der Waals surface area (Å²) >= 11 is 6.00. The predicted molar refractivity (Wildman–Crippen MR) is 113 cm³/mol. The maximum Gasteiger partial charge on any atom is 0.261 e. The molecule has 0 aliphatic rings. The zero-order valence-corrected chi connectivity index (χ0v) is 17.1. The molecule has 0 saturated heterocycles. The van der Waals surface area contributed by atoms with Crippen LogP contribution >= 0.6 is 11.6 Å². The van der Waals surface area contributed by atoms with Gasteiger partial charge in [0.2, 0.25) is 0 Å². The summed E-state index contributed by atoms with van der Waals surface area (Å²) in [6.07, 6.45) is 0. The second-order valence-corrected chi connectivity index (χ2v) is 8.23. The van der Waals surface area contributed by atoms with Gasteiger partial charge in [-0.05, 0) is 54.1 Å². The third kappa shape index (κ3) is 5.28. The van der Waals surface area contributed by atoms with Crippen LogP contribution in [0.25, 0.3) is 0 Å². The molecule has 0 radical (unpaired) electrons. The molecule has 8 heteroatoms. The topological polar surface area (TPSA) is 84.5 Å². The Morgan fingerprint density at radius 2 is 1.62 bits per heavy atom. The summed E-state index contributed by atoms with van der Waals surface area (Å²) in [4.78, 5) is 12.4. The smallest absolute Gasteiger partial charge is 0.261 e. The lowest BCUT2D eigenvalue weighted by Crippen LogP contribution is -2.23. The molecule has 0 aromatic heterocycles. The first kappa shape index (κ1) is 20.7. The van der Waals surface area contributed by atoms with Crippen LogP contribution in [-0.2, 0) is 16.6 Å². The second-order valence-electron chi connectivity index (χ2n) is 6.14. The predicted octanol–water partition coefficient (Wildman–Crippen LogP) is 4.08. The van der Waals surface area contributed by atoms with Crippen molar-refractivity contribution in [2.45, 2.75) is 11.4 Å². The SMILES string of the molecule is COc1ccc(CNC(=O)c2ccc(S(=O)(=O)Nc3ccccc3Cl)cc2)cc1. The van der Waals surface area contributed by atoms with Gasteiger partial charge in [-0.2, -0.15) is 0 Å². The maximum atomic E-state index is 12.5. The van der Waals surface area contributed by atoms with Crippen LogP contribution in [0.5, 0.6) is 5.75 Å². The highest BCUT2D eigenvalue weighted by Gasteiger charge is 2.16. The fourth-order valence-corrected chi connectivity index (χ4v) is 3.88. The van der Waals surface area contributed by atoms with Crippen molar-refractivity contribution >= 4 is 33.2 Å². The molecule has 6 nitrogen and oxygen atoms in total. The first-order chi connectivity index (χ1) is 13.9. The Morgan fingerprint density at radius 1 is 0.966 bits per heavy atom. The molecule has 0 atom stereocenters. The van der Waals surface area contributed by atoms with Crippen LogP contribution in [0.15, 0.2) is 77.7 Å². The number of methoxy groups -OCH3 is 1. The number of hydrogen-bond acceptors (Lipinski definition) is 4. The van der Waals surface area contributed by atoms with Gasteiger partial charge < -0.3 is 10.1 Å². The summed E-state index contributed by atoms with van der Waals surface area (Å²) in [6, 6.07) is 19.6. The molecule has 2 N–H and O–H groups in total. The Bertz CT molecular complexity index is 1100. The molecule has 0 unspecified atom stereocenters. The van der Waals surface area contributed by atoms with Crippen molar-refractivity contribution in [1.82, 2.24) is 5.32 Å². The van der Waals surface area contributed by atoms with Crippen molar-refractivity contribution in [3.8, 4) is 5.75 Å². The van der Waals surface area contributed by atoms with Crippen molar-refractivity contribution < 1.29 is 17.9 Å². The van der Waals surface area contributed by atoms with Gasteiger partial charge in [-0.15, -0.1) is 0 Å². The van der Waals surface area contributed by atoms with Crippen molar-refractivity contribution in [2.75, 3.05) is 11.8 Å². The Hall–Kier alpha value is -3.03. The number of amides is 1. The highest BCUT2D eigenvalue weighted by Crippen LogP contribution is 2.24. The van der Waals surface area contributed by atoms with E-state index in [0.29, 0.717) is 17.1 Å². The molecule has 0 aliphatic carbocycles. The van der Waals surface area contributed by atoms with Crippen LogP contribution in [0.1, 0.15) is 15.9 Å². The summed E-state index contributed by atoms with van der Waals surface area (Å²) in [5.74, 6) is 0.436. The quantitative estimate of drug-likeness (QED) is 0.591. The molecule has 3 rings (SSSR count). The molecule has 0 fully saturated rings. The lowest BCUT2D eigenvalue weighted by atomic mass is 10.2. The van der Waals surface area contributed by atoms with E-state index in [9.17, 15) is 13.2 Å². The number of carbonyl (C=O) groups excluding carboxylic acids is 1. The second kappa shape index (κ2) is 8.98. The normalized spacial score (nSPS) is 11.0. The molecule has 0 spiro atoms. The van der Waals surface area contributed by atoms with E-state index in [-0.39, 0.29) is 16.5 Å². The minimum atomic E-state index is -3.82. The molecule has 1 amide bonds. The van der Waals surface area contributed by atoms with E-state index in [1.807, 2.05) is 24.3 Å². The number of hydrogen-bond donors (Lipinski definition) is 2. The van der Waals surface area contributed by atoms with Gasteiger partial charge in [0.1, 0.15) is 5.75 Å². The molecule has 3 aromatic rings. The average molecular weight is 431 g/mol. The molecule has 3 aromatic carbocycles. The zero-order valence-electron chi connectivity index (χ0n) is 15.6. The number of carbonyl (C=O) groups is 1. The number of anilines is 1. The van der Waals surface area contributed by atoms with Gasteiger partial charge >= 0.3 is 0 Å². The average Bonchev–Trinajstić information content (AvgIpc) is 2.74. The van der Waals surface area contributed by atoms with E-state index in [1.54, 1.807) is 31.4 Å². The van der Waals surface area contributed by atoms with Crippen molar-refractivity contribution in [3.63, 3.8) is 0 Å². The van der Waals surface area contributed by atoms with Gasteiger partial charge in [-0.25, -0.2) is 8.42 Å². The van der Waals surface area contributed by atoms with Crippen molar-refractivity contribution in [2.24, 2.45) is 0 Å². The lowest BCUT2D eigenvalue weighted by molar-refractivity contribution is 0.0951. The molecule has 0 bridgehead atoms. The number of rotatable bonds is 7. The molecule has 150 valence electrons. The minimum Gasteiger partial charge on any atom is -0.497 e. The van der Waals surface area contributed by atoms with Crippen molar-refractivity contribution in [1.29, 1.82) is 0 Å². The number of nitrogens with one attached hydrogen (secondary N) is 2. The van der Waals surface area contributed by atoms with Crippen LogP contribution < -0.4 is 14.8 Å². The van der Waals surface area contributed by atoms with Crippen LogP contribution in [-0.4, -0.2) is 21.4 Å². The number of benzene rings is 3. The summed E-state index contributed by atoms with van der Waals surface area (Å²) in [5.41, 5.74) is 1.56. The third-order valence-electron chi connectivity index (χ3n) is 4.16. The van der Waals surface area contributed by atoms with Gasteiger partial charge in [0.25, 0.3) is 15.9 Å². The first-order valence-corrected chi connectivity index (χ1v) is 10.5. The number of halogens is 1. The molecular formula is C21H19ClN2O4S. The highest BCUT2D eigenvalue weighted by atomic mass is 35.5. The highest BCUT2D eigenvalue weighted by molar-refractivity contribution is 7.92. The van der Waals surface area contributed by atoms with Crippen LogP contribution in [0.3, 0.4) is 0 Å². The number of ether oxygens (including phenoxy) is 1. The van der Waals surface area contributed by atoms with Gasteiger partial charge in [-0.3, -0.25) is 9.52 Å². The fourth-order valence-electron chi connectivity index (χ4n) is 2.56. The third-order valence-corrected chi connectivity index (χ3v) is 5.87. The molecule has 0 aliphatic heterocycles. The maximum absolute atomic E-state index is 12.5. The van der Waals surface area contributed by atoms with Gasteiger partial charge in [0.15, 0.2) is 0 Å². The van der Waals surface area contributed by atoms with Gasteiger partial charge in [0.05, 0.1) is 22.7 Å². The Kier molecular flexibility index (Phi) is 6.41. The minimum absolute atomic E-state index is 0.0316. The number of para-hydroxylation sites is 1. The summed E-state index contributed by atoms with van der Waals surface area (Å²) in [5, 5.41) is 3.09. The van der Waals surface area contributed by atoms with Crippen LogP contribution in [0.4, 0.5) is 5.69 Å². The summed E-state index contributed by atoms with van der Waals surface area (Å²) in [7, 11) is -2.23. The fraction of sp³-hybridized carbons (Fsp3) is 0.0952. The number of sulfonamides is 1. The first-order valence-electron chi connectivity index (χ1n) is 8.67. The van der Waals surface area contributed by atoms with E-state index < -0.39 is 10.0 Å². The van der Waals surface area contributed by atoms with E-state index in [4.69, 9.17) is 16.3 Å². The lowest BCUT2D eigenvalue weighted by Gasteiger charge is -2.10. The summed E-state index contributed by atoms with van der Waals surface area (Å²) < 4.78 is 32.6. The van der Waals surface area contributed by atoms with E-state index >= 15 is 0 Å². The van der Waals surface area contributed by atoms with Crippen molar-refractivity contribution in [3.05, 3.63) is 88.9 Å². The van der Waals surface area contributed by atoms with E-state index in [1.165, 1.54) is 24.3 Å². The monoisotopic (exact) mass is 430 g/mol. The summed E-state index contributed by atoms with van der Waals surface area (Å²) in [6.45, 7) is 0.344. The Morgan fingerprint density at radius 3 is 2.24 bits per heavy atom. The van der Waals surface area contributed by atoms with E-state index in [2.05, 4.69) is 10.0 Å². The van der Waals surface area contributed by atoms with Crippen LogP contribution in [0.2, 0.25) is 5.02 Å². The zero-order chi connectivity index (χ0) is 20.9. The standard InChI is InChI=1S/C21H19ClN2O4S/c1-28-17-10-6-15(7-11-17)14-23-21(25)16-8-12-18(13-9-16)29(26,27)24-20-5-3-2-4-19(20)22/h2-13,24H,14H2,1H3,(H,23,25). The molecule has 29 heavy (non-hydrogen) atoms. The molecule has 0 saturated carbocycles. The Balaban J connectivity index is 1.65. The molecular weight excluding hydrogens is 412 g/mol. The van der Waals surface area contributed by atoms with E-state index in [0.717, 1.165) is 11.3 Å². The van der Waals surface area contributed by atoms with Gasteiger partial charge in [0, 0.05) is 12.1 Å². The molecule has 0 heterocycles.